The summed E-state index contributed by atoms with van der Waals surface area (Å²) >= 11 is 0. The topological polar surface area (TPSA) is 93.5 Å². The van der Waals surface area contributed by atoms with Crippen LogP contribution in [0.15, 0.2) is 18.3 Å². The number of hydrogen-bond acceptors (Lipinski definition) is 9. The number of nitrogens with zero attached hydrogens (tertiary/aromatic N) is 7. The Morgan fingerprint density at radius 2 is 2.07 bits per heavy atom. The van der Waals surface area contributed by atoms with E-state index in [1.807, 2.05) is 0 Å². The Balaban J connectivity index is 1.23. The van der Waals surface area contributed by atoms with Gasteiger partial charge in [0.25, 0.3) is 0 Å². The SMILES string of the molecule is Cn1ncc2ccc(F)c(-c3nc4c5c(nc(OC[C@@]67CCCN6C[C@H](F)C7)nc5c3F)N3C[C@H]5CC[C@H](N5)[C@H]3CO4)c21. The van der Waals surface area contributed by atoms with Gasteiger partial charge in [-0.25, -0.2) is 18.2 Å². The minimum absolute atomic E-state index is 0.0116. The molecular formula is C30H31F3N8O2. The Kier molecular flexibility index (Phi) is 5.48. The minimum atomic E-state index is -0.904. The van der Waals surface area contributed by atoms with Crippen LogP contribution in [0.1, 0.15) is 32.1 Å². The first-order valence-corrected chi connectivity index (χ1v) is 15.1. The molecule has 43 heavy (non-hydrogen) atoms. The highest BCUT2D eigenvalue weighted by Gasteiger charge is 2.50. The van der Waals surface area contributed by atoms with Gasteiger partial charge < -0.3 is 19.7 Å². The van der Waals surface area contributed by atoms with Gasteiger partial charge in [0.15, 0.2) is 5.82 Å². The van der Waals surface area contributed by atoms with Crippen molar-refractivity contribution in [3.05, 3.63) is 30.0 Å². The maximum absolute atomic E-state index is 16.8. The number of ether oxygens (including phenoxy) is 2. The molecule has 3 aromatic heterocycles. The summed E-state index contributed by atoms with van der Waals surface area (Å²) in [6, 6.07) is 3.30. The fourth-order valence-corrected chi connectivity index (χ4v) is 8.26. The van der Waals surface area contributed by atoms with Crippen molar-refractivity contribution in [1.29, 1.82) is 0 Å². The molecule has 9 rings (SSSR count). The zero-order valence-corrected chi connectivity index (χ0v) is 23.7. The lowest BCUT2D eigenvalue weighted by Gasteiger charge is -2.40. The molecule has 5 aliphatic rings. The number of anilines is 1. The third kappa shape index (κ3) is 3.73. The van der Waals surface area contributed by atoms with Gasteiger partial charge in [-0.15, -0.1) is 0 Å². The van der Waals surface area contributed by atoms with E-state index in [4.69, 9.17) is 14.5 Å². The molecule has 4 fully saturated rings. The highest BCUT2D eigenvalue weighted by Crippen LogP contribution is 2.45. The van der Waals surface area contributed by atoms with E-state index in [9.17, 15) is 4.39 Å². The second kappa shape index (κ2) is 9.15. The Labute approximate surface area is 245 Å². The third-order valence-corrected chi connectivity index (χ3v) is 10.3. The normalized spacial score (nSPS) is 29.6. The van der Waals surface area contributed by atoms with Crippen molar-refractivity contribution in [3.63, 3.8) is 0 Å². The fraction of sp³-hybridized carbons (Fsp3) is 0.533. The van der Waals surface area contributed by atoms with Crippen LogP contribution in [0.25, 0.3) is 33.1 Å². The molecule has 1 N–H and O–H groups in total. The van der Waals surface area contributed by atoms with Crippen LogP contribution >= 0.6 is 0 Å². The van der Waals surface area contributed by atoms with E-state index in [1.165, 1.54) is 10.7 Å². The zero-order valence-electron chi connectivity index (χ0n) is 23.7. The first kappa shape index (κ1) is 25.8. The van der Waals surface area contributed by atoms with Gasteiger partial charge in [-0.2, -0.15) is 15.1 Å². The Morgan fingerprint density at radius 1 is 1.16 bits per heavy atom. The standard InChI is InChI=1S/C30H31F3N8O2/c1-39-26-15(10-34-39)3-5-18(32)21(26)24-23(33)25-22-27(41-12-17-4-6-19(35-17)20(41)13-42-28(22)36-24)38-29(37-25)43-14-30-7-2-8-40(30)11-16(31)9-30/h3,5,10,16-17,19-20,35H,2,4,6-9,11-14H2,1H3/t16-,17-,19+,20-,30+/m1/s1. The highest BCUT2D eigenvalue weighted by atomic mass is 19.1. The maximum Gasteiger partial charge on any atom is 0.319 e. The molecule has 224 valence electrons. The van der Waals surface area contributed by atoms with Gasteiger partial charge in [-0.1, -0.05) is 0 Å². The molecule has 1 aromatic carbocycles. The van der Waals surface area contributed by atoms with Crippen LogP contribution in [0.4, 0.5) is 19.0 Å². The molecule has 8 heterocycles. The summed E-state index contributed by atoms with van der Waals surface area (Å²) in [5.74, 6) is -0.753. The zero-order chi connectivity index (χ0) is 29.0. The Bertz CT molecular complexity index is 1800. The van der Waals surface area contributed by atoms with Gasteiger partial charge in [0.1, 0.15) is 47.6 Å². The number of nitrogens with one attached hydrogen (secondary N) is 1. The molecule has 0 spiro atoms. The lowest BCUT2D eigenvalue weighted by molar-refractivity contribution is 0.107. The molecule has 0 amide bonds. The number of halogens is 3. The number of rotatable bonds is 4. The van der Waals surface area contributed by atoms with Crippen molar-refractivity contribution in [1.82, 2.24) is 34.9 Å². The molecule has 0 radical (unpaired) electrons. The predicted octanol–water partition coefficient (Wildman–Crippen LogP) is 3.51. The van der Waals surface area contributed by atoms with Crippen LogP contribution in [0.2, 0.25) is 0 Å². The van der Waals surface area contributed by atoms with Crippen molar-refractivity contribution in [2.45, 2.75) is 61.9 Å². The Morgan fingerprint density at radius 3 is 2.98 bits per heavy atom. The molecule has 0 unspecified atom stereocenters. The quantitative estimate of drug-likeness (QED) is 0.382. The number of piperazine rings is 1. The van der Waals surface area contributed by atoms with E-state index in [0.717, 1.165) is 32.2 Å². The van der Waals surface area contributed by atoms with Crippen LogP contribution in [0, 0.1) is 11.6 Å². The smallest absolute Gasteiger partial charge is 0.319 e. The number of pyridine rings is 1. The summed E-state index contributed by atoms with van der Waals surface area (Å²) < 4.78 is 60.8. The van der Waals surface area contributed by atoms with E-state index >= 15 is 8.78 Å². The molecule has 5 atom stereocenters. The van der Waals surface area contributed by atoms with Crippen molar-refractivity contribution in [3.8, 4) is 23.1 Å². The molecule has 4 aromatic rings. The summed E-state index contributed by atoms with van der Waals surface area (Å²) in [6.45, 7) is 2.41. The number of alkyl halides is 1. The highest BCUT2D eigenvalue weighted by molar-refractivity contribution is 6.00. The predicted molar refractivity (Wildman–Crippen MR) is 152 cm³/mol. The van der Waals surface area contributed by atoms with Gasteiger partial charge >= 0.3 is 6.01 Å². The van der Waals surface area contributed by atoms with E-state index in [0.29, 0.717) is 48.2 Å². The van der Waals surface area contributed by atoms with Gasteiger partial charge in [-0.3, -0.25) is 9.58 Å². The molecule has 2 bridgehead atoms. The first-order valence-electron chi connectivity index (χ1n) is 15.1. The van der Waals surface area contributed by atoms with Crippen LogP contribution in [-0.4, -0.2) is 92.3 Å². The average molecular weight is 593 g/mol. The minimum Gasteiger partial charge on any atom is -0.475 e. The molecule has 5 aliphatic heterocycles. The van der Waals surface area contributed by atoms with Crippen molar-refractivity contribution >= 4 is 27.6 Å². The van der Waals surface area contributed by atoms with Crippen molar-refractivity contribution < 1.29 is 22.6 Å². The molecule has 4 saturated heterocycles. The summed E-state index contributed by atoms with van der Waals surface area (Å²) in [5.41, 5.74) is -0.264. The van der Waals surface area contributed by atoms with E-state index in [2.05, 4.69) is 30.2 Å². The maximum atomic E-state index is 16.8. The summed E-state index contributed by atoms with van der Waals surface area (Å²) in [6.07, 6.45) is 4.92. The molecule has 10 nitrogen and oxygen atoms in total. The van der Waals surface area contributed by atoms with Crippen molar-refractivity contribution in [2.75, 3.05) is 37.7 Å². The molecule has 0 aliphatic carbocycles. The van der Waals surface area contributed by atoms with Crippen LogP contribution < -0.4 is 19.7 Å². The monoisotopic (exact) mass is 592 g/mol. The third-order valence-electron chi connectivity index (χ3n) is 10.3. The van der Waals surface area contributed by atoms with Gasteiger partial charge in [-0.05, 0) is 44.4 Å². The van der Waals surface area contributed by atoms with Crippen LogP contribution in [-0.2, 0) is 7.05 Å². The van der Waals surface area contributed by atoms with E-state index in [-0.39, 0.29) is 53.4 Å². The average Bonchev–Trinajstić information content (AvgIpc) is 3.73. The van der Waals surface area contributed by atoms with Gasteiger partial charge in [0.05, 0.1) is 28.9 Å². The fourth-order valence-electron chi connectivity index (χ4n) is 8.26. The largest absolute Gasteiger partial charge is 0.475 e. The summed E-state index contributed by atoms with van der Waals surface area (Å²) in [7, 11) is 1.68. The first-order chi connectivity index (χ1) is 20.9. The number of hydrogen-bond donors (Lipinski definition) is 1. The van der Waals surface area contributed by atoms with Crippen LogP contribution in [0.3, 0.4) is 0 Å². The second-order valence-corrected chi connectivity index (χ2v) is 12.7. The van der Waals surface area contributed by atoms with Crippen LogP contribution in [0.5, 0.6) is 11.9 Å². The van der Waals surface area contributed by atoms with Gasteiger partial charge in [0.2, 0.25) is 5.88 Å². The lowest BCUT2D eigenvalue weighted by atomic mass is 9.95. The molecular weight excluding hydrogens is 561 g/mol. The number of fused-ring (bicyclic) bond motifs is 7. The Hall–Kier alpha value is -3.71. The number of aromatic nitrogens is 5. The molecule has 13 heteroatoms. The lowest BCUT2D eigenvalue weighted by Crippen LogP contribution is -2.60. The van der Waals surface area contributed by atoms with Gasteiger partial charge in [0, 0.05) is 44.0 Å². The molecule has 0 saturated carbocycles. The van der Waals surface area contributed by atoms with Crippen molar-refractivity contribution in [2.24, 2.45) is 7.05 Å². The summed E-state index contributed by atoms with van der Waals surface area (Å²) in [5, 5.41) is 8.93. The second-order valence-electron chi connectivity index (χ2n) is 12.7. The van der Waals surface area contributed by atoms with E-state index < -0.39 is 23.3 Å². The number of aryl methyl sites for hydroxylation is 1. The van der Waals surface area contributed by atoms with E-state index in [1.54, 1.807) is 19.3 Å². The number of benzene rings is 1. The summed E-state index contributed by atoms with van der Waals surface area (Å²) in [4.78, 5) is 18.4.